The molecule has 1 aromatic carbocycles. The number of ketones is 1. The Morgan fingerprint density at radius 1 is 1.18 bits per heavy atom. The summed E-state index contributed by atoms with van der Waals surface area (Å²) in [6.07, 6.45) is 5.46. The van der Waals surface area contributed by atoms with Gasteiger partial charge < -0.3 is 4.74 Å². The lowest BCUT2D eigenvalue weighted by molar-refractivity contribution is 0.0105. The molecule has 1 aliphatic carbocycles. The van der Waals surface area contributed by atoms with Crippen molar-refractivity contribution in [2.24, 2.45) is 0 Å². The van der Waals surface area contributed by atoms with Gasteiger partial charge in [0, 0.05) is 0 Å². The van der Waals surface area contributed by atoms with Crippen LogP contribution in [-0.2, 0) is 0 Å². The standard InChI is InChI=1S/C14H15FO2/c15-11-6-4-5-10-12(16)9-14(17-13(10)11)7-2-1-3-8-14/h4-6H,1-3,7-9H2. The predicted octanol–water partition coefficient (Wildman–Crippen LogP) is 3.49. The second-order valence-electron chi connectivity index (χ2n) is 5.06. The fraction of sp³-hybridized carbons (Fsp3) is 0.500. The lowest BCUT2D eigenvalue weighted by atomic mass is 9.78. The number of Topliss-reactive ketones (excluding diaryl/α,β-unsaturated/α-hetero) is 1. The zero-order valence-electron chi connectivity index (χ0n) is 9.67. The summed E-state index contributed by atoms with van der Waals surface area (Å²) >= 11 is 0. The molecule has 0 atom stereocenters. The Balaban J connectivity index is 2.02. The molecule has 0 amide bonds. The topological polar surface area (TPSA) is 26.3 Å². The minimum Gasteiger partial charge on any atom is -0.483 e. The molecule has 2 nitrogen and oxygen atoms in total. The highest BCUT2D eigenvalue weighted by Crippen LogP contribution is 2.42. The third kappa shape index (κ3) is 1.74. The van der Waals surface area contributed by atoms with Crippen molar-refractivity contribution < 1.29 is 13.9 Å². The number of ether oxygens (including phenoxy) is 1. The summed E-state index contributed by atoms with van der Waals surface area (Å²) in [5, 5.41) is 0. The van der Waals surface area contributed by atoms with Gasteiger partial charge in [0.25, 0.3) is 0 Å². The zero-order valence-corrected chi connectivity index (χ0v) is 9.67. The number of hydrogen-bond acceptors (Lipinski definition) is 2. The molecule has 2 aliphatic rings. The quantitative estimate of drug-likeness (QED) is 0.686. The number of carbonyl (C=O) groups is 1. The number of benzene rings is 1. The summed E-state index contributed by atoms with van der Waals surface area (Å²) < 4.78 is 19.6. The summed E-state index contributed by atoms with van der Waals surface area (Å²) in [5.41, 5.74) is -0.0222. The molecule has 0 N–H and O–H groups in total. The molecular weight excluding hydrogens is 219 g/mol. The van der Waals surface area contributed by atoms with Gasteiger partial charge in [-0.3, -0.25) is 4.79 Å². The highest BCUT2D eigenvalue weighted by molar-refractivity contribution is 6.00. The minimum atomic E-state index is -0.426. The number of rotatable bonds is 0. The van der Waals surface area contributed by atoms with Crippen molar-refractivity contribution in [2.45, 2.75) is 44.1 Å². The molecule has 0 saturated heterocycles. The lowest BCUT2D eigenvalue weighted by Crippen LogP contribution is -2.43. The molecule has 0 radical (unpaired) electrons. The van der Waals surface area contributed by atoms with Gasteiger partial charge in [-0.25, -0.2) is 4.39 Å². The van der Waals surface area contributed by atoms with Crippen LogP contribution in [0, 0.1) is 5.82 Å². The highest BCUT2D eigenvalue weighted by atomic mass is 19.1. The van der Waals surface area contributed by atoms with Crippen molar-refractivity contribution in [1.82, 2.24) is 0 Å². The SMILES string of the molecule is O=C1CC2(CCCCC2)Oc2c(F)cccc21. The third-order valence-electron chi connectivity index (χ3n) is 3.83. The van der Waals surface area contributed by atoms with Crippen LogP contribution in [0.1, 0.15) is 48.9 Å². The first kappa shape index (κ1) is 10.8. The Morgan fingerprint density at radius 3 is 2.71 bits per heavy atom. The average Bonchev–Trinajstić information content (AvgIpc) is 2.32. The largest absolute Gasteiger partial charge is 0.483 e. The maximum Gasteiger partial charge on any atom is 0.170 e. The number of hydrogen-bond donors (Lipinski definition) is 0. The fourth-order valence-electron chi connectivity index (χ4n) is 2.95. The molecule has 1 spiro atoms. The number of para-hydroxylation sites is 1. The van der Waals surface area contributed by atoms with Gasteiger partial charge >= 0.3 is 0 Å². The second-order valence-corrected chi connectivity index (χ2v) is 5.06. The van der Waals surface area contributed by atoms with Gasteiger partial charge in [0.15, 0.2) is 17.3 Å². The van der Waals surface area contributed by atoms with Crippen molar-refractivity contribution in [3.63, 3.8) is 0 Å². The van der Waals surface area contributed by atoms with E-state index in [0.29, 0.717) is 12.0 Å². The van der Waals surface area contributed by atoms with E-state index in [9.17, 15) is 9.18 Å². The fourth-order valence-corrected chi connectivity index (χ4v) is 2.95. The van der Waals surface area contributed by atoms with Gasteiger partial charge in [-0.15, -0.1) is 0 Å². The summed E-state index contributed by atoms with van der Waals surface area (Å²) in [5.74, 6) is -0.223. The van der Waals surface area contributed by atoms with Gasteiger partial charge in [-0.1, -0.05) is 12.5 Å². The first-order chi connectivity index (χ1) is 8.20. The molecule has 3 heteroatoms. The van der Waals surface area contributed by atoms with Crippen molar-refractivity contribution in [1.29, 1.82) is 0 Å². The molecule has 17 heavy (non-hydrogen) atoms. The predicted molar refractivity (Wildman–Crippen MR) is 61.8 cm³/mol. The average molecular weight is 234 g/mol. The second kappa shape index (κ2) is 3.83. The molecule has 0 bridgehead atoms. The van der Waals surface area contributed by atoms with Gasteiger partial charge in [0.2, 0.25) is 0 Å². The molecule has 1 fully saturated rings. The van der Waals surface area contributed by atoms with E-state index in [1.165, 1.54) is 12.5 Å². The van der Waals surface area contributed by atoms with Crippen LogP contribution in [0.25, 0.3) is 0 Å². The van der Waals surface area contributed by atoms with E-state index in [-0.39, 0.29) is 11.5 Å². The molecule has 90 valence electrons. The van der Waals surface area contributed by atoms with Gasteiger partial charge in [0.1, 0.15) is 5.60 Å². The van der Waals surface area contributed by atoms with Gasteiger partial charge in [-0.05, 0) is 37.8 Å². The molecule has 3 rings (SSSR count). The van der Waals surface area contributed by atoms with Crippen LogP contribution in [0.15, 0.2) is 18.2 Å². The third-order valence-corrected chi connectivity index (χ3v) is 3.83. The van der Waals surface area contributed by atoms with Crippen LogP contribution < -0.4 is 4.74 Å². The molecule has 1 aromatic rings. The van der Waals surface area contributed by atoms with Crippen LogP contribution in [0.5, 0.6) is 5.75 Å². The molecular formula is C14H15FO2. The number of carbonyl (C=O) groups excluding carboxylic acids is 1. The molecule has 1 aliphatic heterocycles. The van der Waals surface area contributed by atoms with E-state index in [1.54, 1.807) is 12.1 Å². The van der Waals surface area contributed by atoms with E-state index >= 15 is 0 Å². The summed E-state index contributed by atoms with van der Waals surface area (Å²) in [7, 11) is 0. The minimum absolute atomic E-state index is 0.0210. The highest BCUT2D eigenvalue weighted by Gasteiger charge is 2.42. The van der Waals surface area contributed by atoms with Crippen LogP contribution in [0.3, 0.4) is 0 Å². The Bertz CT molecular complexity index is 461. The van der Waals surface area contributed by atoms with Crippen molar-refractivity contribution in [3.8, 4) is 5.75 Å². The maximum atomic E-state index is 13.7. The molecule has 0 unspecified atom stereocenters. The summed E-state index contributed by atoms with van der Waals surface area (Å²) in [4.78, 5) is 12.1. The van der Waals surface area contributed by atoms with Gasteiger partial charge in [0.05, 0.1) is 12.0 Å². The van der Waals surface area contributed by atoms with Gasteiger partial charge in [-0.2, -0.15) is 0 Å². The van der Waals surface area contributed by atoms with Crippen molar-refractivity contribution in [2.75, 3.05) is 0 Å². The van der Waals surface area contributed by atoms with Crippen LogP contribution in [0.4, 0.5) is 4.39 Å². The molecule has 1 heterocycles. The Morgan fingerprint density at radius 2 is 1.94 bits per heavy atom. The van der Waals surface area contributed by atoms with Crippen molar-refractivity contribution in [3.05, 3.63) is 29.6 Å². The van der Waals surface area contributed by atoms with Crippen LogP contribution >= 0.6 is 0 Å². The monoisotopic (exact) mass is 234 g/mol. The zero-order chi connectivity index (χ0) is 11.9. The first-order valence-corrected chi connectivity index (χ1v) is 6.21. The van der Waals surface area contributed by atoms with E-state index in [4.69, 9.17) is 4.74 Å². The normalized spacial score (nSPS) is 22.1. The van der Waals surface area contributed by atoms with E-state index in [1.807, 2.05) is 0 Å². The number of halogens is 1. The van der Waals surface area contributed by atoms with E-state index in [0.717, 1.165) is 25.7 Å². The lowest BCUT2D eigenvalue weighted by Gasteiger charge is -2.40. The Labute approximate surface area is 99.8 Å². The van der Waals surface area contributed by atoms with Crippen molar-refractivity contribution >= 4 is 5.78 Å². The first-order valence-electron chi connectivity index (χ1n) is 6.21. The van der Waals surface area contributed by atoms with Crippen LogP contribution in [0.2, 0.25) is 0 Å². The smallest absolute Gasteiger partial charge is 0.170 e. The summed E-state index contributed by atoms with van der Waals surface area (Å²) in [6, 6.07) is 4.57. The Kier molecular flexibility index (Phi) is 2.42. The maximum absolute atomic E-state index is 13.7. The van der Waals surface area contributed by atoms with E-state index in [2.05, 4.69) is 0 Å². The number of fused-ring (bicyclic) bond motifs is 1. The van der Waals surface area contributed by atoms with E-state index < -0.39 is 11.4 Å². The Hall–Kier alpha value is -1.38. The van der Waals surface area contributed by atoms with Crippen LogP contribution in [-0.4, -0.2) is 11.4 Å². The molecule has 1 saturated carbocycles. The summed E-state index contributed by atoms with van der Waals surface area (Å²) in [6.45, 7) is 0. The molecule has 0 aromatic heterocycles.